The van der Waals surface area contributed by atoms with Crippen molar-refractivity contribution < 1.29 is 18.0 Å². The summed E-state index contributed by atoms with van der Waals surface area (Å²) in [6, 6.07) is 0.642. The highest BCUT2D eigenvalue weighted by molar-refractivity contribution is 7.98. The van der Waals surface area contributed by atoms with Gasteiger partial charge in [-0.3, -0.25) is 4.79 Å². The number of thioether (sulfide) groups is 1. The summed E-state index contributed by atoms with van der Waals surface area (Å²) in [6.45, 7) is 0. The molecular weight excluding hydrogens is 265 g/mol. The van der Waals surface area contributed by atoms with E-state index < -0.39 is 29.4 Å². The minimum atomic E-state index is -1.57. The molecule has 1 aromatic carbocycles. The van der Waals surface area contributed by atoms with Crippen molar-refractivity contribution in [1.82, 2.24) is 0 Å². The Morgan fingerprint density at radius 1 is 1.39 bits per heavy atom. The summed E-state index contributed by atoms with van der Waals surface area (Å²) in [7, 11) is 0. The van der Waals surface area contributed by atoms with Gasteiger partial charge in [0, 0.05) is 17.8 Å². The molecule has 0 fully saturated rings. The molecule has 0 spiro atoms. The zero-order valence-electron chi connectivity index (χ0n) is 9.67. The molecular formula is C11H13F3N2OS. The average molecular weight is 278 g/mol. The fraction of sp³-hybridized carbons (Fsp3) is 0.364. The second kappa shape index (κ2) is 6.65. The van der Waals surface area contributed by atoms with Crippen LogP contribution in [-0.2, 0) is 4.79 Å². The largest absolute Gasteiger partial charge is 0.325 e. The Balaban J connectivity index is 2.70. The lowest BCUT2D eigenvalue weighted by Crippen LogP contribution is -2.36. The van der Waals surface area contributed by atoms with Gasteiger partial charge >= 0.3 is 0 Å². The van der Waals surface area contributed by atoms with Crippen LogP contribution in [0.25, 0.3) is 0 Å². The SMILES string of the molecule is CSCC[C@H](N)C(=O)Nc1cc(F)c(F)c(F)c1. The maximum Gasteiger partial charge on any atom is 0.241 e. The van der Waals surface area contributed by atoms with Crippen LogP contribution in [0.15, 0.2) is 12.1 Å². The van der Waals surface area contributed by atoms with Crippen LogP contribution in [0.5, 0.6) is 0 Å². The van der Waals surface area contributed by atoms with Gasteiger partial charge in [0.25, 0.3) is 0 Å². The minimum absolute atomic E-state index is 0.156. The first-order chi connectivity index (χ1) is 8.45. The Morgan fingerprint density at radius 3 is 2.44 bits per heavy atom. The third-order valence-corrected chi connectivity index (χ3v) is 2.87. The van der Waals surface area contributed by atoms with Gasteiger partial charge in [0.05, 0.1) is 6.04 Å². The Labute approximate surface area is 107 Å². The van der Waals surface area contributed by atoms with Gasteiger partial charge in [0.2, 0.25) is 5.91 Å². The van der Waals surface area contributed by atoms with Crippen LogP contribution < -0.4 is 11.1 Å². The standard InChI is InChI=1S/C11H13F3N2OS/c1-18-3-2-9(15)11(17)16-6-4-7(12)10(14)8(13)5-6/h4-5,9H,2-3,15H2,1H3,(H,16,17)/t9-/m0/s1. The summed E-state index contributed by atoms with van der Waals surface area (Å²) < 4.78 is 38.5. The van der Waals surface area contributed by atoms with Crippen LogP contribution in [0.2, 0.25) is 0 Å². The third-order valence-electron chi connectivity index (χ3n) is 2.22. The van der Waals surface area contributed by atoms with Gasteiger partial charge < -0.3 is 11.1 Å². The molecule has 7 heteroatoms. The van der Waals surface area contributed by atoms with Gasteiger partial charge in [-0.2, -0.15) is 11.8 Å². The molecule has 1 rings (SSSR count). The monoisotopic (exact) mass is 278 g/mol. The van der Waals surface area contributed by atoms with Crippen molar-refractivity contribution in [3.05, 3.63) is 29.6 Å². The van der Waals surface area contributed by atoms with Crippen molar-refractivity contribution in [2.45, 2.75) is 12.5 Å². The van der Waals surface area contributed by atoms with Crippen molar-refractivity contribution in [2.24, 2.45) is 5.73 Å². The van der Waals surface area contributed by atoms with Crippen LogP contribution in [0.3, 0.4) is 0 Å². The molecule has 18 heavy (non-hydrogen) atoms. The van der Waals surface area contributed by atoms with Gasteiger partial charge in [-0.1, -0.05) is 0 Å². The molecule has 100 valence electrons. The molecule has 0 aromatic heterocycles. The smallest absolute Gasteiger partial charge is 0.241 e. The summed E-state index contributed by atoms with van der Waals surface area (Å²) in [6.07, 6.45) is 2.31. The number of carbonyl (C=O) groups excluding carboxylic acids is 1. The zero-order chi connectivity index (χ0) is 13.7. The zero-order valence-corrected chi connectivity index (χ0v) is 10.5. The van der Waals surface area contributed by atoms with E-state index in [-0.39, 0.29) is 5.69 Å². The number of nitrogens with two attached hydrogens (primary N) is 1. The number of nitrogens with one attached hydrogen (secondary N) is 1. The summed E-state index contributed by atoms with van der Waals surface area (Å²) in [4.78, 5) is 11.5. The van der Waals surface area contributed by atoms with Crippen molar-refractivity contribution >= 4 is 23.4 Å². The number of hydrogen-bond acceptors (Lipinski definition) is 3. The Bertz CT molecular complexity index is 419. The molecule has 0 unspecified atom stereocenters. The molecule has 1 aromatic rings. The first-order valence-electron chi connectivity index (χ1n) is 5.15. The van der Waals surface area contributed by atoms with E-state index in [9.17, 15) is 18.0 Å². The van der Waals surface area contributed by atoms with Crippen molar-refractivity contribution in [3.63, 3.8) is 0 Å². The van der Waals surface area contributed by atoms with Gasteiger partial charge in [0.15, 0.2) is 17.5 Å². The molecule has 0 bridgehead atoms. The average Bonchev–Trinajstić information content (AvgIpc) is 2.32. The topological polar surface area (TPSA) is 55.1 Å². The highest BCUT2D eigenvalue weighted by Gasteiger charge is 2.16. The summed E-state index contributed by atoms with van der Waals surface area (Å²) >= 11 is 1.53. The predicted octanol–water partition coefficient (Wildman–Crippen LogP) is 2.12. The third kappa shape index (κ3) is 3.92. The lowest BCUT2D eigenvalue weighted by Gasteiger charge is -2.11. The molecule has 0 radical (unpaired) electrons. The number of halogens is 3. The molecule has 0 saturated carbocycles. The number of carbonyl (C=O) groups is 1. The molecule has 0 aliphatic rings. The number of amides is 1. The Hall–Kier alpha value is -1.21. The number of anilines is 1. The normalized spacial score (nSPS) is 12.3. The second-order valence-corrected chi connectivity index (χ2v) is 4.62. The van der Waals surface area contributed by atoms with Gasteiger partial charge in [-0.15, -0.1) is 0 Å². The van der Waals surface area contributed by atoms with Gasteiger partial charge in [0.1, 0.15) is 0 Å². The number of hydrogen-bond donors (Lipinski definition) is 2. The van der Waals surface area contributed by atoms with E-state index in [0.717, 1.165) is 0 Å². The van der Waals surface area contributed by atoms with E-state index in [2.05, 4.69) is 5.32 Å². The summed E-state index contributed by atoms with van der Waals surface area (Å²) in [5.41, 5.74) is 5.41. The fourth-order valence-electron chi connectivity index (χ4n) is 1.24. The van der Waals surface area contributed by atoms with Gasteiger partial charge in [-0.05, 0) is 18.4 Å². The van der Waals surface area contributed by atoms with Crippen molar-refractivity contribution in [2.75, 3.05) is 17.3 Å². The molecule has 1 amide bonds. The van der Waals surface area contributed by atoms with E-state index in [1.54, 1.807) is 0 Å². The summed E-state index contributed by atoms with van der Waals surface area (Å²) in [5.74, 6) is -4.15. The van der Waals surface area contributed by atoms with Crippen LogP contribution in [0, 0.1) is 17.5 Å². The van der Waals surface area contributed by atoms with E-state index in [4.69, 9.17) is 5.73 Å². The highest BCUT2D eigenvalue weighted by atomic mass is 32.2. The molecule has 0 heterocycles. The maximum absolute atomic E-state index is 12.9. The van der Waals surface area contributed by atoms with E-state index >= 15 is 0 Å². The van der Waals surface area contributed by atoms with E-state index in [1.165, 1.54) is 11.8 Å². The molecule has 0 aliphatic carbocycles. The minimum Gasteiger partial charge on any atom is -0.325 e. The van der Waals surface area contributed by atoms with E-state index in [1.807, 2.05) is 6.26 Å². The Kier molecular flexibility index (Phi) is 5.49. The number of rotatable bonds is 5. The highest BCUT2D eigenvalue weighted by Crippen LogP contribution is 2.17. The molecule has 3 nitrogen and oxygen atoms in total. The molecule has 0 aliphatic heterocycles. The van der Waals surface area contributed by atoms with Gasteiger partial charge in [-0.25, -0.2) is 13.2 Å². The van der Waals surface area contributed by atoms with Crippen LogP contribution in [0.1, 0.15) is 6.42 Å². The fourth-order valence-corrected chi connectivity index (χ4v) is 1.73. The lowest BCUT2D eigenvalue weighted by molar-refractivity contribution is -0.117. The maximum atomic E-state index is 12.9. The summed E-state index contributed by atoms with van der Waals surface area (Å²) in [5, 5.41) is 2.24. The molecule has 0 saturated heterocycles. The second-order valence-electron chi connectivity index (χ2n) is 3.63. The quantitative estimate of drug-likeness (QED) is 0.811. The van der Waals surface area contributed by atoms with E-state index in [0.29, 0.717) is 24.3 Å². The lowest BCUT2D eigenvalue weighted by atomic mass is 10.2. The van der Waals surface area contributed by atoms with Crippen LogP contribution >= 0.6 is 11.8 Å². The van der Waals surface area contributed by atoms with Crippen molar-refractivity contribution in [3.8, 4) is 0 Å². The predicted molar refractivity (Wildman–Crippen MR) is 65.9 cm³/mol. The molecule has 1 atom stereocenters. The van der Waals surface area contributed by atoms with Crippen molar-refractivity contribution in [1.29, 1.82) is 0 Å². The number of benzene rings is 1. The first-order valence-corrected chi connectivity index (χ1v) is 6.55. The first kappa shape index (κ1) is 14.8. The van der Waals surface area contributed by atoms with Crippen LogP contribution in [-0.4, -0.2) is 24.0 Å². The Morgan fingerprint density at radius 2 is 1.94 bits per heavy atom. The molecule has 3 N–H and O–H groups in total. The van der Waals surface area contributed by atoms with Crippen LogP contribution in [0.4, 0.5) is 18.9 Å².